The van der Waals surface area contributed by atoms with Gasteiger partial charge in [-0.2, -0.15) is 0 Å². The molecule has 0 aliphatic carbocycles. The van der Waals surface area contributed by atoms with Crippen molar-refractivity contribution < 1.29 is 9.53 Å². The van der Waals surface area contributed by atoms with Gasteiger partial charge in [-0.3, -0.25) is 0 Å². The van der Waals surface area contributed by atoms with Gasteiger partial charge in [-0.05, 0) is 6.42 Å². The zero-order chi connectivity index (χ0) is 10.5. The van der Waals surface area contributed by atoms with Gasteiger partial charge in [0, 0.05) is 5.57 Å². The van der Waals surface area contributed by atoms with Gasteiger partial charge in [0.25, 0.3) is 0 Å². The van der Waals surface area contributed by atoms with E-state index in [0.717, 1.165) is 18.4 Å². The molecule has 0 N–H and O–H groups in total. The molecule has 3 heteroatoms. The summed E-state index contributed by atoms with van der Waals surface area (Å²) < 4.78 is 4.73. The summed E-state index contributed by atoms with van der Waals surface area (Å²) in [6.45, 7) is 8.71. The van der Waals surface area contributed by atoms with Crippen LogP contribution in [0.1, 0.15) is 19.8 Å². The number of methoxy groups -OCH3 is 1. The second-order valence-electron chi connectivity index (χ2n) is 4.28. The molecule has 0 atom stereocenters. The summed E-state index contributed by atoms with van der Waals surface area (Å²) in [5.74, 6) is -0.163. The molecule has 0 fully saturated rings. The summed E-state index contributed by atoms with van der Waals surface area (Å²) in [6, 6.07) is 0. The molecule has 0 aliphatic heterocycles. The molecular weight excluding hydrogens is 180 g/mol. The first-order valence-electron chi connectivity index (χ1n) is 4.70. The lowest BCUT2D eigenvalue weighted by Crippen LogP contribution is -2.19. The van der Waals surface area contributed by atoms with Gasteiger partial charge in [-0.15, -0.1) is 0 Å². The SMILES string of the molecule is CCCC(=C[Si](C)(C)C)C(=O)OC. The van der Waals surface area contributed by atoms with E-state index >= 15 is 0 Å². The van der Waals surface area contributed by atoms with Gasteiger partial charge in [0.2, 0.25) is 0 Å². The average Bonchev–Trinajstić information content (AvgIpc) is 2.00. The molecule has 0 aromatic carbocycles. The molecule has 0 rings (SSSR count). The van der Waals surface area contributed by atoms with E-state index in [1.54, 1.807) is 0 Å². The zero-order valence-electron chi connectivity index (χ0n) is 9.31. The first kappa shape index (κ1) is 12.4. The standard InChI is InChI=1S/C10H20O2Si/c1-6-7-9(10(11)12-2)8-13(3,4)5/h8H,6-7H2,1-5H3. The lowest BCUT2D eigenvalue weighted by atomic mass is 10.2. The fraction of sp³-hybridized carbons (Fsp3) is 0.700. The summed E-state index contributed by atoms with van der Waals surface area (Å²) in [4.78, 5) is 11.3. The molecule has 0 heterocycles. The second kappa shape index (κ2) is 5.22. The highest BCUT2D eigenvalue weighted by atomic mass is 28.3. The molecule has 0 aromatic rings. The van der Waals surface area contributed by atoms with E-state index in [-0.39, 0.29) is 5.97 Å². The minimum absolute atomic E-state index is 0.163. The van der Waals surface area contributed by atoms with Crippen molar-refractivity contribution in [1.29, 1.82) is 0 Å². The molecular formula is C10H20O2Si. The first-order valence-corrected chi connectivity index (χ1v) is 8.28. The van der Waals surface area contributed by atoms with Crippen molar-refractivity contribution in [2.75, 3.05) is 7.11 Å². The van der Waals surface area contributed by atoms with Crippen molar-refractivity contribution in [3.05, 3.63) is 11.3 Å². The molecule has 2 nitrogen and oxygen atoms in total. The van der Waals surface area contributed by atoms with Crippen LogP contribution in [0.25, 0.3) is 0 Å². The normalized spacial score (nSPS) is 12.8. The molecule has 76 valence electrons. The molecule has 0 bridgehead atoms. The van der Waals surface area contributed by atoms with Gasteiger partial charge >= 0.3 is 5.97 Å². The molecule has 13 heavy (non-hydrogen) atoms. The van der Waals surface area contributed by atoms with Crippen LogP contribution < -0.4 is 0 Å². The lowest BCUT2D eigenvalue weighted by molar-refractivity contribution is -0.136. The van der Waals surface area contributed by atoms with Crippen LogP contribution in [0.15, 0.2) is 11.3 Å². The van der Waals surface area contributed by atoms with E-state index in [1.807, 2.05) is 0 Å². The maximum atomic E-state index is 11.3. The minimum atomic E-state index is -1.30. The maximum absolute atomic E-state index is 11.3. The quantitative estimate of drug-likeness (QED) is 0.396. The summed E-state index contributed by atoms with van der Waals surface area (Å²) in [5, 5.41) is 0. The Morgan fingerprint density at radius 1 is 1.38 bits per heavy atom. The van der Waals surface area contributed by atoms with Crippen molar-refractivity contribution in [3.8, 4) is 0 Å². The van der Waals surface area contributed by atoms with Crippen molar-refractivity contribution >= 4 is 14.0 Å². The monoisotopic (exact) mass is 200 g/mol. The average molecular weight is 200 g/mol. The number of carbonyl (C=O) groups is 1. The Morgan fingerprint density at radius 2 is 1.92 bits per heavy atom. The number of ether oxygens (including phenoxy) is 1. The van der Waals surface area contributed by atoms with E-state index in [2.05, 4.69) is 32.3 Å². The number of hydrogen-bond donors (Lipinski definition) is 0. The fourth-order valence-electron chi connectivity index (χ4n) is 1.16. The predicted molar refractivity (Wildman–Crippen MR) is 58.4 cm³/mol. The van der Waals surface area contributed by atoms with Crippen LogP contribution in [0.4, 0.5) is 0 Å². The highest BCUT2D eigenvalue weighted by molar-refractivity contribution is 6.81. The molecule has 0 spiro atoms. The van der Waals surface area contributed by atoms with Crippen LogP contribution in [0.3, 0.4) is 0 Å². The number of carbonyl (C=O) groups excluding carboxylic acids is 1. The van der Waals surface area contributed by atoms with E-state index in [9.17, 15) is 4.79 Å². The molecule has 0 amide bonds. The topological polar surface area (TPSA) is 26.3 Å². The maximum Gasteiger partial charge on any atom is 0.333 e. The number of hydrogen-bond acceptors (Lipinski definition) is 2. The van der Waals surface area contributed by atoms with E-state index in [1.165, 1.54) is 7.11 Å². The Bertz CT molecular complexity index is 201. The van der Waals surface area contributed by atoms with Crippen LogP contribution in [-0.4, -0.2) is 21.2 Å². The number of esters is 1. The molecule has 0 radical (unpaired) electrons. The minimum Gasteiger partial charge on any atom is -0.466 e. The van der Waals surface area contributed by atoms with Crippen molar-refractivity contribution in [2.45, 2.75) is 39.4 Å². The van der Waals surface area contributed by atoms with Crippen LogP contribution in [0, 0.1) is 0 Å². The Labute approximate surface area is 82.0 Å². The van der Waals surface area contributed by atoms with Crippen LogP contribution in [0.5, 0.6) is 0 Å². The molecule has 0 unspecified atom stereocenters. The summed E-state index contributed by atoms with van der Waals surface area (Å²) in [6.07, 6.45) is 1.82. The predicted octanol–water partition coefficient (Wildman–Crippen LogP) is 2.76. The summed E-state index contributed by atoms with van der Waals surface area (Å²) >= 11 is 0. The molecule has 0 aromatic heterocycles. The third kappa shape index (κ3) is 5.63. The van der Waals surface area contributed by atoms with Crippen molar-refractivity contribution in [1.82, 2.24) is 0 Å². The fourth-order valence-corrected chi connectivity index (χ4v) is 2.46. The van der Waals surface area contributed by atoms with Gasteiger partial charge < -0.3 is 4.74 Å². The van der Waals surface area contributed by atoms with Crippen LogP contribution in [-0.2, 0) is 9.53 Å². The molecule has 0 saturated heterocycles. The van der Waals surface area contributed by atoms with Gasteiger partial charge in [0.05, 0.1) is 15.2 Å². The van der Waals surface area contributed by atoms with Crippen molar-refractivity contribution in [2.24, 2.45) is 0 Å². The number of rotatable bonds is 4. The van der Waals surface area contributed by atoms with E-state index < -0.39 is 8.07 Å². The highest BCUT2D eigenvalue weighted by Gasteiger charge is 2.15. The third-order valence-electron chi connectivity index (χ3n) is 1.57. The van der Waals surface area contributed by atoms with Crippen LogP contribution in [0.2, 0.25) is 19.6 Å². The first-order chi connectivity index (χ1) is 5.90. The second-order valence-corrected chi connectivity index (χ2v) is 9.30. The lowest BCUT2D eigenvalue weighted by Gasteiger charge is -2.12. The molecule has 0 saturated carbocycles. The van der Waals surface area contributed by atoms with Crippen LogP contribution >= 0.6 is 0 Å². The largest absolute Gasteiger partial charge is 0.466 e. The third-order valence-corrected chi connectivity index (χ3v) is 2.79. The molecule has 0 aliphatic rings. The Balaban J connectivity index is 4.60. The summed E-state index contributed by atoms with van der Waals surface area (Å²) in [5.41, 5.74) is 2.98. The van der Waals surface area contributed by atoms with Gasteiger partial charge in [0.15, 0.2) is 0 Å². The summed E-state index contributed by atoms with van der Waals surface area (Å²) in [7, 11) is 0.141. The van der Waals surface area contributed by atoms with E-state index in [0.29, 0.717) is 0 Å². The van der Waals surface area contributed by atoms with Gasteiger partial charge in [-0.25, -0.2) is 4.79 Å². The Kier molecular flexibility index (Phi) is 4.99. The van der Waals surface area contributed by atoms with Gasteiger partial charge in [-0.1, -0.05) is 38.7 Å². The van der Waals surface area contributed by atoms with Crippen molar-refractivity contribution in [3.63, 3.8) is 0 Å². The van der Waals surface area contributed by atoms with E-state index in [4.69, 9.17) is 4.74 Å². The Morgan fingerprint density at radius 3 is 2.23 bits per heavy atom. The highest BCUT2D eigenvalue weighted by Crippen LogP contribution is 2.13. The smallest absolute Gasteiger partial charge is 0.333 e. The van der Waals surface area contributed by atoms with Gasteiger partial charge in [0.1, 0.15) is 0 Å². The zero-order valence-corrected chi connectivity index (χ0v) is 10.3. The Hall–Kier alpha value is -0.573.